The number of fused-ring (bicyclic) bond motifs is 1. The number of anilines is 1. The first kappa shape index (κ1) is 15.6. The van der Waals surface area contributed by atoms with Crippen LogP contribution in [0.5, 0.6) is 0 Å². The molecule has 2 N–H and O–H groups in total. The largest absolute Gasteiger partial charge is 0.444 e. The Morgan fingerprint density at radius 2 is 2.10 bits per heavy atom. The van der Waals surface area contributed by atoms with Gasteiger partial charge in [-0.2, -0.15) is 5.10 Å². The van der Waals surface area contributed by atoms with Crippen LogP contribution in [0.15, 0.2) is 0 Å². The molecule has 1 aliphatic rings. The smallest absolute Gasteiger partial charge is 0.410 e. The van der Waals surface area contributed by atoms with Crippen LogP contribution in [0.4, 0.5) is 10.6 Å². The van der Waals surface area contributed by atoms with Crippen LogP contribution in [0.3, 0.4) is 0 Å². The molecule has 9 heteroatoms. The molecule has 0 atom stereocenters. The fraction of sp³-hybridized carbons (Fsp3) is 0.667. The molecule has 0 radical (unpaired) electrons. The van der Waals surface area contributed by atoms with Gasteiger partial charge in [0.05, 0.1) is 18.5 Å². The summed E-state index contributed by atoms with van der Waals surface area (Å²) in [5, 5.41) is 6.73. The van der Waals surface area contributed by atoms with Gasteiger partial charge in [0, 0.05) is 12.1 Å². The molecule has 0 bridgehead atoms. The number of carbonyl (C=O) groups is 1. The highest BCUT2D eigenvalue weighted by Gasteiger charge is 2.28. The lowest BCUT2D eigenvalue weighted by molar-refractivity contribution is 0.0221. The maximum absolute atomic E-state index is 12.0. The zero-order valence-electron chi connectivity index (χ0n) is 12.6. The molecule has 0 unspecified atom stereocenters. The Morgan fingerprint density at radius 1 is 1.43 bits per heavy atom. The topological polar surface area (TPSA) is 104 Å². The summed E-state index contributed by atoms with van der Waals surface area (Å²) in [6.45, 7) is 6.21. The minimum absolute atomic E-state index is 0.302. The number of sulfonamides is 1. The molecule has 0 saturated carbocycles. The first-order valence-corrected chi connectivity index (χ1v) is 8.46. The van der Waals surface area contributed by atoms with Crippen molar-refractivity contribution in [3.63, 3.8) is 0 Å². The predicted octanol–water partition coefficient (Wildman–Crippen LogP) is 1.07. The number of H-pyrrole nitrogens is 1. The summed E-state index contributed by atoms with van der Waals surface area (Å²) in [5.41, 5.74) is 0.965. The maximum atomic E-state index is 12.0. The third-order valence-electron chi connectivity index (χ3n) is 2.87. The van der Waals surface area contributed by atoms with Crippen molar-refractivity contribution in [1.82, 2.24) is 15.1 Å². The van der Waals surface area contributed by atoms with E-state index in [1.807, 2.05) is 20.8 Å². The van der Waals surface area contributed by atoms with Gasteiger partial charge in [0.2, 0.25) is 10.0 Å². The van der Waals surface area contributed by atoms with E-state index in [2.05, 4.69) is 14.9 Å². The highest BCUT2D eigenvalue weighted by Crippen LogP contribution is 2.25. The molecule has 0 fully saturated rings. The van der Waals surface area contributed by atoms with Crippen molar-refractivity contribution in [3.05, 3.63) is 11.3 Å². The molecule has 1 amide bonds. The van der Waals surface area contributed by atoms with E-state index < -0.39 is 15.6 Å². The first-order valence-electron chi connectivity index (χ1n) is 6.57. The molecule has 0 spiro atoms. The van der Waals surface area contributed by atoms with Crippen LogP contribution >= 0.6 is 0 Å². The lowest BCUT2D eigenvalue weighted by Gasteiger charge is -2.29. The Hall–Kier alpha value is -1.77. The molecule has 2 heterocycles. The summed E-state index contributed by atoms with van der Waals surface area (Å²) in [4.78, 5) is 13.6. The van der Waals surface area contributed by atoms with Gasteiger partial charge in [0.25, 0.3) is 0 Å². The van der Waals surface area contributed by atoms with Crippen LogP contribution in [0, 0.1) is 0 Å². The Balaban J connectivity index is 2.10. The van der Waals surface area contributed by atoms with Crippen molar-refractivity contribution in [2.75, 3.05) is 17.5 Å². The second-order valence-corrected chi connectivity index (χ2v) is 7.80. The molecule has 0 saturated heterocycles. The van der Waals surface area contributed by atoms with E-state index in [1.54, 1.807) is 4.90 Å². The maximum Gasteiger partial charge on any atom is 0.410 e. The standard InChI is InChI=1S/C12H20N4O4S/c1-12(2,3)20-11(17)16-6-5-8-9(7-16)13-14-10(8)15-21(4,18)19/h5-7H2,1-4H3,(H2,13,14,15). The number of hydrogen-bond acceptors (Lipinski definition) is 5. The van der Waals surface area contributed by atoms with Crippen LogP contribution in [-0.2, 0) is 27.7 Å². The summed E-state index contributed by atoms with van der Waals surface area (Å²) in [7, 11) is -3.37. The Labute approximate surface area is 123 Å². The van der Waals surface area contributed by atoms with Gasteiger partial charge < -0.3 is 9.64 Å². The van der Waals surface area contributed by atoms with Crippen molar-refractivity contribution in [2.24, 2.45) is 0 Å². The van der Waals surface area contributed by atoms with Gasteiger partial charge >= 0.3 is 6.09 Å². The summed E-state index contributed by atoms with van der Waals surface area (Å²) >= 11 is 0. The average Bonchev–Trinajstić information content (AvgIpc) is 2.67. The van der Waals surface area contributed by atoms with Crippen molar-refractivity contribution in [1.29, 1.82) is 0 Å². The molecular formula is C12H20N4O4S. The number of ether oxygens (including phenoxy) is 1. The van der Waals surface area contributed by atoms with Crippen molar-refractivity contribution in [3.8, 4) is 0 Å². The van der Waals surface area contributed by atoms with Gasteiger partial charge in [0.1, 0.15) is 5.60 Å². The zero-order valence-corrected chi connectivity index (χ0v) is 13.4. The summed E-state index contributed by atoms with van der Waals surface area (Å²) in [6, 6.07) is 0. The predicted molar refractivity (Wildman–Crippen MR) is 77.4 cm³/mol. The quantitative estimate of drug-likeness (QED) is 0.849. The molecule has 1 aromatic rings. The van der Waals surface area contributed by atoms with Crippen molar-refractivity contribution < 1.29 is 17.9 Å². The second-order valence-electron chi connectivity index (χ2n) is 6.06. The highest BCUT2D eigenvalue weighted by molar-refractivity contribution is 7.92. The third kappa shape index (κ3) is 4.10. The monoisotopic (exact) mass is 316 g/mol. The highest BCUT2D eigenvalue weighted by atomic mass is 32.2. The molecule has 2 rings (SSSR count). The average molecular weight is 316 g/mol. The first-order chi connectivity index (χ1) is 9.55. The van der Waals surface area contributed by atoms with Gasteiger partial charge in [0.15, 0.2) is 5.82 Å². The molecule has 118 valence electrons. The van der Waals surface area contributed by atoms with Crippen molar-refractivity contribution in [2.45, 2.75) is 39.3 Å². The van der Waals surface area contributed by atoms with E-state index in [-0.39, 0.29) is 6.09 Å². The zero-order chi connectivity index (χ0) is 15.8. The van der Waals surface area contributed by atoms with Gasteiger partial charge in [-0.05, 0) is 27.2 Å². The Kier molecular flexibility index (Phi) is 3.87. The SMILES string of the molecule is CC(C)(C)OC(=O)N1CCc2c(NS(C)(=O)=O)n[nH]c2C1. The number of nitrogens with one attached hydrogen (secondary N) is 2. The van der Waals surface area contributed by atoms with E-state index in [1.165, 1.54) is 0 Å². The minimum Gasteiger partial charge on any atom is -0.444 e. The van der Waals surface area contributed by atoms with Crippen LogP contribution in [-0.4, -0.2) is 48.0 Å². The molecule has 8 nitrogen and oxygen atoms in total. The third-order valence-corrected chi connectivity index (χ3v) is 3.43. The van der Waals surface area contributed by atoms with E-state index in [0.29, 0.717) is 25.3 Å². The van der Waals surface area contributed by atoms with Crippen LogP contribution in [0.25, 0.3) is 0 Å². The van der Waals surface area contributed by atoms with Gasteiger partial charge in [-0.1, -0.05) is 0 Å². The number of aromatic amines is 1. The Morgan fingerprint density at radius 3 is 2.67 bits per heavy atom. The van der Waals surface area contributed by atoms with E-state index in [0.717, 1.165) is 17.5 Å². The molecule has 0 aliphatic carbocycles. The Bertz CT molecular complexity index is 645. The molecular weight excluding hydrogens is 296 g/mol. The summed E-state index contributed by atoms with van der Waals surface area (Å²) in [6.07, 6.45) is 1.20. The normalized spacial score (nSPS) is 15.5. The van der Waals surface area contributed by atoms with Crippen molar-refractivity contribution >= 4 is 21.9 Å². The molecule has 1 aromatic heterocycles. The van der Waals surface area contributed by atoms with Gasteiger partial charge in [-0.3, -0.25) is 9.82 Å². The fourth-order valence-corrected chi connectivity index (χ4v) is 2.58. The molecule has 0 aromatic carbocycles. The van der Waals surface area contributed by atoms with E-state index >= 15 is 0 Å². The van der Waals surface area contributed by atoms with E-state index in [9.17, 15) is 13.2 Å². The second kappa shape index (κ2) is 5.21. The molecule has 1 aliphatic heterocycles. The number of aromatic nitrogens is 2. The van der Waals surface area contributed by atoms with Crippen LogP contribution < -0.4 is 4.72 Å². The summed E-state index contributed by atoms with van der Waals surface area (Å²) < 4.78 is 30.2. The minimum atomic E-state index is -3.37. The molecule has 21 heavy (non-hydrogen) atoms. The number of hydrogen-bond donors (Lipinski definition) is 2. The van der Waals surface area contributed by atoms with Crippen LogP contribution in [0.1, 0.15) is 32.0 Å². The number of amides is 1. The lowest BCUT2D eigenvalue weighted by Crippen LogP contribution is -2.39. The number of nitrogens with zero attached hydrogens (tertiary/aromatic N) is 2. The fourth-order valence-electron chi connectivity index (χ4n) is 2.06. The van der Waals surface area contributed by atoms with E-state index in [4.69, 9.17) is 4.74 Å². The number of rotatable bonds is 2. The van der Waals surface area contributed by atoms with Gasteiger partial charge in [-0.15, -0.1) is 0 Å². The van der Waals surface area contributed by atoms with Gasteiger partial charge in [-0.25, -0.2) is 13.2 Å². The number of carbonyl (C=O) groups excluding carboxylic acids is 1. The van der Waals surface area contributed by atoms with Crippen LogP contribution in [0.2, 0.25) is 0 Å². The lowest BCUT2D eigenvalue weighted by atomic mass is 10.1. The summed E-state index contributed by atoms with van der Waals surface area (Å²) in [5.74, 6) is 0.302.